The van der Waals surface area contributed by atoms with Gasteiger partial charge in [-0.15, -0.1) is 0 Å². The van der Waals surface area contributed by atoms with Crippen molar-refractivity contribution >= 4 is 8.32 Å². The standard InChI is InChI=1S/C8H20OSi/c1-6-8(3)10(4,5)9-7-2/h8H,6-7H2,1-5H3. The molecule has 1 atom stereocenters. The molecule has 1 nitrogen and oxygen atoms in total. The third-order valence-corrected chi connectivity index (χ3v) is 6.13. The molecule has 0 aliphatic heterocycles. The summed E-state index contributed by atoms with van der Waals surface area (Å²) in [7, 11) is -1.31. The van der Waals surface area contributed by atoms with Crippen molar-refractivity contribution in [3.8, 4) is 0 Å². The Morgan fingerprint density at radius 3 is 2.10 bits per heavy atom. The smallest absolute Gasteiger partial charge is 0.189 e. The molecule has 0 rings (SSSR count). The molecule has 10 heavy (non-hydrogen) atoms. The summed E-state index contributed by atoms with van der Waals surface area (Å²) in [5.41, 5.74) is 0.785. The fourth-order valence-electron chi connectivity index (χ4n) is 1.01. The molecular formula is C8H20OSi. The molecule has 0 aromatic carbocycles. The molecular weight excluding hydrogens is 140 g/mol. The van der Waals surface area contributed by atoms with Crippen molar-refractivity contribution in [3.63, 3.8) is 0 Å². The Morgan fingerprint density at radius 2 is 1.80 bits per heavy atom. The van der Waals surface area contributed by atoms with Gasteiger partial charge in [0.25, 0.3) is 0 Å². The fraction of sp³-hybridized carbons (Fsp3) is 1.00. The van der Waals surface area contributed by atoms with Crippen LogP contribution in [0.25, 0.3) is 0 Å². The second-order valence-corrected chi connectivity index (χ2v) is 7.83. The highest BCUT2D eigenvalue weighted by Crippen LogP contribution is 2.24. The van der Waals surface area contributed by atoms with Crippen LogP contribution in [0.3, 0.4) is 0 Å². The number of rotatable bonds is 4. The van der Waals surface area contributed by atoms with Crippen LogP contribution >= 0.6 is 0 Å². The first-order valence-electron chi connectivity index (χ1n) is 4.18. The molecule has 0 heterocycles. The first-order chi connectivity index (χ1) is 4.54. The largest absolute Gasteiger partial charge is 0.417 e. The highest BCUT2D eigenvalue weighted by atomic mass is 28.4. The zero-order valence-corrected chi connectivity index (χ0v) is 8.90. The first kappa shape index (κ1) is 10.2. The third-order valence-electron chi connectivity index (χ3n) is 2.32. The van der Waals surface area contributed by atoms with E-state index in [1.54, 1.807) is 0 Å². The van der Waals surface area contributed by atoms with Crippen LogP contribution in [0.5, 0.6) is 0 Å². The Balaban J connectivity index is 3.82. The molecule has 0 aliphatic rings. The van der Waals surface area contributed by atoms with Crippen molar-refractivity contribution < 1.29 is 4.43 Å². The minimum Gasteiger partial charge on any atom is -0.417 e. The maximum Gasteiger partial charge on any atom is 0.189 e. The van der Waals surface area contributed by atoms with Gasteiger partial charge in [-0.2, -0.15) is 0 Å². The van der Waals surface area contributed by atoms with E-state index < -0.39 is 8.32 Å². The highest BCUT2D eigenvalue weighted by molar-refractivity contribution is 6.72. The maximum absolute atomic E-state index is 5.72. The van der Waals surface area contributed by atoms with Gasteiger partial charge in [0.2, 0.25) is 0 Å². The zero-order valence-electron chi connectivity index (χ0n) is 7.90. The van der Waals surface area contributed by atoms with Crippen LogP contribution in [0.2, 0.25) is 18.6 Å². The molecule has 0 saturated carbocycles. The summed E-state index contributed by atoms with van der Waals surface area (Å²) in [5, 5.41) is 0. The van der Waals surface area contributed by atoms with Crippen molar-refractivity contribution in [2.75, 3.05) is 6.61 Å². The molecule has 0 amide bonds. The summed E-state index contributed by atoms with van der Waals surface area (Å²) in [6, 6.07) is 0. The lowest BCUT2D eigenvalue weighted by Crippen LogP contribution is -2.34. The van der Waals surface area contributed by atoms with E-state index in [0.717, 1.165) is 12.1 Å². The van der Waals surface area contributed by atoms with Crippen molar-refractivity contribution in [2.45, 2.75) is 45.8 Å². The SMILES string of the molecule is CCO[Si](C)(C)C(C)CC. The fourth-order valence-corrected chi connectivity index (χ4v) is 3.02. The van der Waals surface area contributed by atoms with E-state index in [0.29, 0.717) is 0 Å². The molecule has 0 N–H and O–H groups in total. The minimum atomic E-state index is -1.31. The first-order valence-corrected chi connectivity index (χ1v) is 7.17. The molecule has 0 aromatic heterocycles. The van der Waals surface area contributed by atoms with Gasteiger partial charge in [-0.3, -0.25) is 0 Å². The van der Waals surface area contributed by atoms with Gasteiger partial charge in [-0.25, -0.2) is 0 Å². The topological polar surface area (TPSA) is 9.23 Å². The average Bonchev–Trinajstić information content (AvgIpc) is 1.86. The van der Waals surface area contributed by atoms with Gasteiger partial charge >= 0.3 is 0 Å². The van der Waals surface area contributed by atoms with Crippen molar-refractivity contribution in [1.82, 2.24) is 0 Å². The molecule has 62 valence electrons. The van der Waals surface area contributed by atoms with Crippen LogP contribution in [0.15, 0.2) is 0 Å². The normalized spacial score (nSPS) is 15.3. The lowest BCUT2D eigenvalue weighted by molar-refractivity contribution is 0.320. The van der Waals surface area contributed by atoms with Crippen LogP contribution < -0.4 is 0 Å². The number of hydrogen-bond acceptors (Lipinski definition) is 1. The van der Waals surface area contributed by atoms with E-state index >= 15 is 0 Å². The molecule has 0 radical (unpaired) electrons. The van der Waals surface area contributed by atoms with E-state index in [1.807, 2.05) is 0 Å². The predicted molar refractivity (Wildman–Crippen MR) is 48.8 cm³/mol. The van der Waals surface area contributed by atoms with Crippen molar-refractivity contribution in [1.29, 1.82) is 0 Å². The molecule has 0 bridgehead atoms. The monoisotopic (exact) mass is 160 g/mol. The van der Waals surface area contributed by atoms with Crippen LogP contribution in [0.1, 0.15) is 27.2 Å². The van der Waals surface area contributed by atoms with Gasteiger partial charge in [-0.05, 0) is 25.6 Å². The minimum absolute atomic E-state index is 0.785. The van der Waals surface area contributed by atoms with Crippen molar-refractivity contribution in [3.05, 3.63) is 0 Å². The van der Waals surface area contributed by atoms with E-state index in [4.69, 9.17) is 4.43 Å². The molecule has 0 aromatic rings. The summed E-state index contributed by atoms with van der Waals surface area (Å²) in [6.45, 7) is 12.1. The molecule has 0 fully saturated rings. The van der Waals surface area contributed by atoms with Crippen LogP contribution in [-0.2, 0) is 4.43 Å². The molecule has 0 aliphatic carbocycles. The van der Waals surface area contributed by atoms with Gasteiger partial charge in [0.15, 0.2) is 8.32 Å². The summed E-state index contributed by atoms with van der Waals surface area (Å²) in [4.78, 5) is 0. The van der Waals surface area contributed by atoms with Crippen molar-refractivity contribution in [2.24, 2.45) is 0 Å². The summed E-state index contributed by atoms with van der Waals surface area (Å²) in [5.74, 6) is 0. The van der Waals surface area contributed by atoms with Gasteiger partial charge in [-0.1, -0.05) is 20.3 Å². The van der Waals surface area contributed by atoms with Crippen LogP contribution in [0, 0.1) is 0 Å². The highest BCUT2D eigenvalue weighted by Gasteiger charge is 2.27. The zero-order chi connectivity index (χ0) is 8.20. The van der Waals surface area contributed by atoms with Gasteiger partial charge in [0.1, 0.15) is 0 Å². The third kappa shape index (κ3) is 2.84. The quantitative estimate of drug-likeness (QED) is 0.574. The predicted octanol–water partition coefficient (Wildman–Crippen LogP) is 3.03. The van der Waals surface area contributed by atoms with E-state index in [2.05, 4.69) is 33.9 Å². The summed E-state index contributed by atoms with van der Waals surface area (Å²) >= 11 is 0. The van der Waals surface area contributed by atoms with E-state index in [9.17, 15) is 0 Å². The Morgan fingerprint density at radius 1 is 1.30 bits per heavy atom. The van der Waals surface area contributed by atoms with Crippen LogP contribution in [-0.4, -0.2) is 14.9 Å². The molecule has 0 saturated heterocycles. The summed E-state index contributed by atoms with van der Waals surface area (Å²) < 4.78 is 5.72. The Labute approximate surface area is 65.9 Å². The average molecular weight is 160 g/mol. The Bertz CT molecular complexity index is 91.3. The second kappa shape index (κ2) is 4.14. The van der Waals surface area contributed by atoms with Gasteiger partial charge in [0, 0.05) is 6.61 Å². The maximum atomic E-state index is 5.72. The molecule has 2 heteroatoms. The Kier molecular flexibility index (Phi) is 4.21. The lowest BCUT2D eigenvalue weighted by Gasteiger charge is -2.27. The molecule has 1 unspecified atom stereocenters. The second-order valence-electron chi connectivity index (χ2n) is 3.35. The van der Waals surface area contributed by atoms with Crippen LogP contribution in [0.4, 0.5) is 0 Å². The van der Waals surface area contributed by atoms with E-state index in [-0.39, 0.29) is 0 Å². The Hall–Kier alpha value is 0.177. The van der Waals surface area contributed by atoms with Gasteiger partial charge in [0.05, 0.1) is 0 Å². The number of hydrogen-bond donors (Lipinski definition) is 0. The van der Waals surface area contributed by atoms with E-state index in [1.165, 1.54) is 6.42 Å². The summed E-state index contributed by atoms with van der Waals surface area (Å²) in [6.07, 6.45) is 1.25. The molecule has 0 spiro atoms. The van der Waals surface area contributed by atoms with Gasteiger partial charge < -0.3 is 4.43 Å². The lowest BCUT2D eigenvalue weighted by atomic mass is 10.4.